The van der Waals surface area contributed by atoms with Crippen LogP contribution in [0.5, 0.6) is 5.75 Å². The Hall–Kier alpha value is -2.61. The first-order chi connectivity index (χ1) is 10.2. The fourth-order valence-electron chi connectivity index (χ4n) is 1.88. The van der Waals surface area contributed by atoms with Gasteiger partial charge >= 0.3 is 0 Å². The van der Waals surface area contributed by atoms with Gasteiger partial charge in [-0.2, -0.15) is 5.26 Å². The molecule has 0 aromatic heterocycles. The number of hydrogen-bond acceptors (Lipinski definition) is 3. The van der Waals surface area contributed by atoms with E-state index in [1.54, 1.807) is 31.2 Å². The summed E-state index contributed by atoms with van der Waals surface area (Å²) in [7, 11) is 0. The zero-order valence-electron chi connectivity index (χ0n) is 11.5. The molecule has 0 aliphatic rings. The number of anilines is 1. The SMILES string of the molecule is CCOc1ccc(NCc2cccc(C#N)c2F)cc1F. The van der Waals surface area contributed by atoms with Crippen molar-refractivity contribution >= 4 is 5.69 Å². The minimum Gasteiger partial charge on any atom is -0.491 e. The maximum atomic E-state index is 13.9. The van der Waals surface area contributed by atoms with Gasteiger partial charge in [-0.05, 0) is 25.1 Å². The van der Waals surface area contributed by atoms with Gasteiger partial charge in [0.05, 0.1) is 12.2 Å². The average Bonchev–Trinajstić information content (AvgIpc) is 2.49. The molecule has 21 heavy (non-hydrogen) atoms. The number of ether oxygens (including phenoxy) is 1. The quantitative estimate of drug-likeness (QED) is 0.909. The first kappa shape index (κ1) is 14.8. The van der Waals surface area contributed by atoms with E-state index in [1.807, 2.05) is 0 Å². The molecule has 108 valence electrons. The van der Waals surface area contributed by atoms with Crippen molar-refractivity contribution in [2.75, 3.05) is 11.9 Å². The van der Waals surface area contributed by atoms with E-state index >= 15 is 0 Å². The zero-order chi connectivity index (χ0) is 15.2. The van der Waals surface area contributed by atoms with Crippen LogP contribution in [-0.2, 0) is 6.54 Å². The molecule has 2 aromatic carbocycles. The summed E-state index contributed by atoms with van der Waals surface area (Å²) >= 11 is 0. The second kappa shape index (κ2) is 6.71. The van der Waals surface area contributed by atoms with Gasteiger partial charge in [-0.1, -0.05) is 12.1 Å². The van der Waals surface area contributed by atoms with Crippen LogP contribution >= 0.6 is 0 Å². The van der Waals surface area contributed by atoms with Crippen molar-refractivity contribution in [2.45, 2.75) is 13.5 Å². The van der Waals surface area contributed by atoms with Gasteiger partial charge in [-0.3, -0.25) is 0 Å². The molecule has 2 aromatic rings. The van der Waals surface area contributed by atoms with Crippen LogP contribution in [0.15, 0.2) is 36.4 Å². The Morgan fingerprint density at radius 3 is 2.71 bits per heavy atom. The van der Waals surface area contributed by atoms with E-state index in [0.29, 0.717) is 17.9 Å². The van der Waals surface area contributed by atoms with Crippen LogP contribution in [0, 0.1) is 23.0 Å². The predicted molar refractivity (Wildman–Crippen MR) is 76.0 cm³/mol. The third kappa shape index (κ3) is 3.48. The van der Waals surface area contributed by atoms with Crippen LogP contribution < -0.4 is 10.1 Å². The summed E-state index contributed by atoms with van der Waals surface area (Å²) in [6.07, 6.45) is 0. The lowest BCUT2D eigenvalue weighted by molar-refractivity contribution is 0.321. The van der Waals surface area contributed by atoms with Gasteiger partial charge < -0.3 is 10.1 Å². The number of hydrogen-bond donors (Lipinski definition) is 1. The lowest BCUT2D eigenvalue weighted by Gasteiger charge is -2.10. The van der Waals surface area contributed by atoms with Crippen molar-refractivity contribution in [3.63, 3.8) is 0 Å². The molecule has 0 radical (unpaired) electrons. The zero-order valence-corrected chi connectivity index (χ0v) is 11.5. The van der Waals surface area contributed by atoms with Crippen molar-refractivity contribution in [3.05, 3.63) is 59.2 Å². The molecule has 0 fully saturated rings. The molecule has 0 amide bonds. The van der Waals surface area contributed by atoms with Crippen LogP contribution in [0.4, 0.5) is 14.5 Å². The van der Waals surface area contributed by atoms with E-state index < -0.39 is 11.6 Å². The molecule has 5 heteroatoms. The van der Waals surface area contributed by atoms with Crippen LogP contribution in [0.1, 0.15) is 18.1 Å². The molecule has 0 aliphatic heterocycles. The molecule has 0 unspecified atom stereocenters. The normalized spacial score (nSPS) is 10.0. The van der Waals surface area contributed by atoms with E-state index in [-0.39, 0.29) is 17.9 Å². The monoisotopic (exact) mass is 288 g/mol. The molecule has 0 heterocycles. The van der Waals surface area contributed by atoms with Crippen LogP contribution in [0.25, 0.3) is 0 Å². The summed E-state index contributed by atoms with van der Waals surface area (Å²) in [4.78, 5) is 0. The van der Waals surface area contributed by atoms with Crippen molar-refractivity contribution < 1.29 is 13.5 Å². The highest BCUT2D eigenvalue weighted by Crippen LogP contribution is 2.22. The average molecular weight is 288 g/mol. The molecule has 2 rings (SSSR count). The Morgan fingerprint density at radius 2 is 2.05 bits per heavy atom. The summed E-state index contributed by atoms with van der Waals surface area (Å²) in [5.74, 6) is -0.854. The van der Waals surface area contributed by atoms with Gasteiger partial charge in [0, 0.05) is 23.9 Å². The third-order valence-corrected chi connectivity index (χ3v) is 2.91. The highest BCUT2D eigenvalue weighted by atomic mass is 19.1. The smallest absolute Gasteiger partial charge is 0.167 e. The van der Waals surface area contributed by atoms with Gasteiger partial charge in [0.15, 0.2) is 11.6 Å². The summed E-state index contributed by atoms with van der Waals surface area (Å²) < 4.78 is 32.6. The Morgan fingerprint density at radius 1 is 1.24 bits per heavy atom. The van der Waals surface area contributed by atoms with Crippen molar-refractivity contribution in [3.8, 4) is 11.8 Å². The minimum atomic E-state index is -0.557. The lowest BCUT2D eigenvalue weighted by atomic mass is 10.1. The molecular formula is C16H14F2N2O. The second-order valence-electron chi connectivity index (χ2n) is 4.32. The van der Waals surface area contributed by atoms with E-state index in [9.17, 15) is 8.78 Å². The van der Waals surface area contributed by atoms with Gasteiger partial charge in [0.25, 0.3) is 0 Å². The lowest BCUT2D eigenvalue weighted by Crippen LogP contribution is -2.04. The fraction of sp³-hybridized carbons (Fsp3) is 0.188. The Kier molecular flexibility index (Phi) is 4.72. The van der Waals surface area contributed by atoms with E-state index in [2.05, 4.69) is 5.32 Å². The molecule has 0 atom stereocenters. The molecule has 3 nitrogen and oxygen atoms in total. The van der Waals surface area contributed by atoms with Crippen LogP contribution in [0.3, 0.4) is 0 Å². The van der Waals surface area contributed by atoms with Gasteiger partial charge in [0.2, 0.25) is 0 Å². The van der Waals surface area contributed by atoms with Crippen molar-refractivity contribution in [2.24, 2.45) is 0 Å². The highest BCUT2D eigenvalue weighted by molar-refractivity contribution is 5.48. The Balaban J connectivity index is 2.10. The maximum Gasteiger partial charge on any atom is 0.167 e. The van der Waals surface area contributed by atoms with E-state index in [1.165, 1.54) is 18.2 Å². The predicted octanol–water partition coefficient (Wildman–Crippen LogP) is 3.85. The molecular weight excluding hydrogens is 274 g/mol. The molecule has 1 N–H and O–H groups in total. The summed E-state index contributed by atoms with van der Waals surface area (Å²) in [6, 6.07) is 10.8. The molecule has 0 saturated heterocycles. The van der Waals surface area contributed by atoms with Gasteiger partial charge in [-0.15, -0.1) is 0 Å². The molecule has 0 spiro atoms. The number of nitrogens with one attached hydrogen (secondary N) is 1. The summed E-state index contributed by atoms with van der Waals surface area (Å²) in [6.45, 7) is 2.32. The summed E-state index contributed by atoms with van der Waals surface area (Å²) in [5.41, 5.74) is 0.855. The van der Waals surface area contributed by atoms with Crippen molar-refractivity contribution in [1.29, 1.82) is 5.26 Å². The van der Waals surface area contributed by atoms with E-state index in [4.69, 9.17) is 10.00 Å². The first-order valence-electron chi connectivity index (χ1n) is 6.49. The molecule has 0 saturated carbocycles. The summed E-state index contributed by atoms with van der Waals surface area (Å²) in [5, 5.41) is 11.7. The van der Waals surface area contributed by atoms with Crippen LogP contribution in [0.2, 0.25) is 0 Å². The molecule has 0 aliphatic carbocycles. The number of nitriles is 1. The maximum absolute atomic E-state index is 13.9. The first-order valence-corrected chi connectivity index (χ1v) is 6.49. The minimum absolute atomic E-state index is 0.00725. The topological polar surface area (TPSA) is 45.0 Å². The van der Waals surface area contributed by atoms with Gasteiger partial charge in [0.1, 0.15) is 11.9 Å². The number of halogens is 2. The van der Waals surface area contributed by atoms with Gasteiger partial charge in [-0.25, -0.2) is 8.78 Å². The van der Waals surface area contributed by atoms with Crippen molar-refractivity contribution in [1.82, 2.24) is 0 Å². The second-order valence-corrected chi connectivity index (χ2v) is 4.32. The highest BCUT2D eigenvalue weighted by Gasteiger charge is 2.08. The number of rotatable bonds is 5. The van der Waals surface area contributed by atoms with E-state index in [0.717, 1.165) is 0 Å². The Labute approximate surface area is 121 Å². The largest absolute Gasteiger partial charge is 0.491 e. The standard InChI is InChI=1S/C16H14F2N2O/c1-2-21-15-7-6-13(8-14(15)17)20-10-12-5-3-4-11(9-19)16(12)18/h3-8,20H,2,10H2,1H3. The molecule has 0 bridgehead atoms. The fourth-order valence-corrected chi connectivity index (χ4v) is 1.88. The third-order valence-electron chi connectivity index (χ3n) is 2.91. The number of benzene rings is 2. The number of nitrogens with zero attached hydrogens (tertiary/aromatic N) is 1. The Bertz CT molecular complexity index is 680. The van der Waals surface area contributed by atoms with Crippen LogP contribution in [-0.4, -0.2) is 6.61 Å².